The van der Waals surface area contributed by atoms with Gasteiger partial charge >= 0.3 is 13.2 Å². The number of allylic oxidation sites excluding steroid dienone is 1. The predicted octanol–water partition coefficient (Wildman–Crippen LogP) is 5.72. The number of benzene rings is 3. The van der Waals surface area contributed by atoms with E-state index in [1.807, 2.05) is 61.5 Å². The molecule has 2 aliphatic heterocycles. The van der Waals surface area contributed by atoms with Crippen molar-refractivity contribution in [2.75, 3.05) is 13.7 Å². The fraction of sp³-hybridized carbons (Fsp3) is 0.375. The minimum atomic E-state index is -3.01. The van der Waals surface area contributed by atoms with Crippen molar-refractivity contribution in [2.24, 2.45) is 17.8 Å². The molecule has 0 saturated carbocycles. The molecule has 2 fully saturated rings. The Morgan fingerprint density at radius 2 is 1.57 bits per heavy atom. The molecule has 1 aliphatic carbocycles. The van der Waals surface area contributed by atoms with Gasteiger partial charge in [-0.25, -0.2) is 4.79 Å². The van der Waals surface area contributed by atoms with Crippen molar-refractivity contribution in [1.29, 1.82) is 0 Å². The molecule has 266 valence electrons. The number of rotatable bonds is 9. The average molecular weight is 708 g/mol. The van der Waals surface area contributed by atoms with Crippen molar-refractivity contribution < 1.29 is 38.3 Å². The molecule has 0 unspecified atom stereocenters. The van der Waals surface area contributed by atoms with Crippen LogP contribution < -0.4 is 10.4 Å². The fourth-order valence-corrected chi connectivity index (χ4v) is 13.0. The summed E-state index contributed by atoms with van der Waals surface area (Å²) in [5, 5.41) is 23.3. The molecule has 9 nitrogen and oxygen atoms in total. The van der Waals surface area contributed by atoms with Crippen molar-refractivity contribution in [3.05, 3.63) is 107 Å². The number of methoxy groups -OCH3 is 1. The molecule has 6 rings (SSSR count). The Labute approximate surface area is 301 Å². The minimum Gasteiger partial charge on any atom is -0.507 e. The van der Waals surface area contributed by atoms with Gasteiger partial charge in [-0.05, 0) is 71.0 Å². The van der Waals surface area contributed by atoms with Crippen LogP contribution in [0.3, 0.4) is 0 Å². The number of carbonyl (C=O) groups excluding carboxylic acids is 3. The van der Waals surface area contributed by atoms with Crippen LogP contribution >= 0.6 is 0 Å². The number of carbonyl (C=O) groups is 3. The van der Waals surface area contributed by atoms with Gasteiger partial charge in [0.1, 0.15) is 5.75 Å². The number of phenolic OH excluding ortho intramolecular Hbond substituents is 1. The van der Waals surface area contributed by atoms with Gasteiger partial charge in [-0.15, -0.1) is 0 Å². The quantitative estimate of drug-likeness (QED) is 0.165. The van der Waals surface area contributed by atoms with Crippen LogP contribution in [0.4, 0.5) is 4.79 Å². The lowest BCUT2D eigenvalue weighted by molar-refractivity contribution is -0.137. The molecule has 2 N–H and O–H groups in total. The smallest absolute Gasteiger partial charge is 0.455 e. The minimum absolute atomic E-state index is 0.108. The van der Waals surface area contributed by atoms with E-state index in [0.29, 0.717) is 23.3 Å². The van der Waals surface area contributed by atoms with E-state index in [-0.39, 0.29) is 30.1 Å². The highest BCUT2D eigenvalue weighted by atomic mass is 28.4. The van der Waals surface area contributed by atoms with E-state index < -0.39 is 57.2 Å². The van der Waals surface area contributed by atoms with Gasteiger partial charge in [0.2, 0.25) is 11.8 Å². The summed E-state index contributed by atoms with van der Waals surface area (Å²) in [5.74, 6) is -3.17. The van der Waals surface area contributed by atoms with E-state index in [1.54, 1.807) is 12.1 Å². The Bertz CT molecular complexity index is 1800. The zero-order valence-electron chi connectivity index (χ0n) is 29.9. The van der Waals surface area contributed by atoms with Gasteiger partial charge in [0, 0.05) is 5.56 Å². The van der Waals surface area contributed by atoms with Crippen molar-refractivity contribution in [3.63, 3.8) is 0 Å². The number of fused-ring (bicyclic) bond motifs is 3. The lowest BCUT2D eigenvalue weighted by Gasteiger charge is -2.46. The Morgan fingerprint density at radius 1 is 0.961 bits per heavy atom. The van der Waals surface area contributed by atoms with Crippen LogP contribution in [-0.4, -0.2) is 68.2 Å². The summed E-state index contributed by atoms with van der Waals surface area (Å²) in [5.41, 5.74) is 3.43. The van der Waals surface area contributed by atoms with Gasteiger partial charge in [-0.2, -0.15) is 4.90 Å². The highest BCUT2D eigenvalue weighted by Gasteiger charge is 2.59. The largest absolute Gasteiger partial charge is 0.507 e. The second-order valence-electron chi connectivity index (χ2n) is 14.8. The van der Waals surface area contributed by atoms with E-state index >= 15 is 0 Å². The van der Waals surface area contributed by atoms with Crippen molar-refractivity contribution in [1.82, 2.24) is 4.90 Å². The number of likely N-dealkylation sites (tertiary alicyclic amines) is 1. The third kappa shape index (κ3) is 6.88. The molecule has 3 aromatic rings. The number of aromatic hydroxyl groups is 1. The normalized spacial score (nSPS) is 22.6. The first-order valence-electron chi connectivity index (χ1n) is 17.6. The molecule has 0 aromatic heterocycles. The van der Waals surface area contributed by atoms with Gasteiger partial charge < -0.3 is 23.9 Å². The average Bonchev–Trinajstić information content (AvgIpc) is 3.37. The molecule has 2 heterocycles. The van der Waals surface area contributed by atoms with Gasteiger partial charge in [0.15, 0.2) is 0 Å². The second-order valence-corrected chi connectivity index (χ2v) is 19.1. The molecule has 3 amide bonds. The molecule has 3 aliphatic rings. The molecule has 11 heteroatoms. The standard InChI is InChI=1S/C40H46BNO8Si/c1-26(22-27-14-12-13-19-33(27)43)20-21-34-35-28(23-31-36(32(35)24-41(47)50-34)38(45)42(37(31)44)39(46)48-5)25-49-51(40(2,3)4,29-15-8-6-9-16-29)30-17-10-7-11-18-30/h6-19,22,31-32,34,36,43,47H,20-21,23-25H2,1-5H3/b26-22+/t31-,32+,34-,36-/m1/s1. The third-order valence-corrected chi connectivity index (χ3v) is 15.7. The van der Waals surface area contributed by atoms with Gasteiger partial charge in [-0.3, -0.25) is 9.59 Å². The van der Waals surface area contributed by atoms with Crippen LogP contribution in [0.1, 0.15) is 52.5 Å². The topological polar surface area (TPSA) is 123 Å². The monoisotopic (exact) mass is 707 g/mol. The van der Waals surface area contributed by atoms with Crippen LogP contribution in [0.15, 0.2) is 102 Å². The molecule has 0 bridgehead atoms. The Hall–Kier alpha value is -4.29. The van der Waals surface area contributed by atoms with E-state index in [1.165, 1.54) is 0 Å². The number of imide groups is 3. The van der Waals surface area contributed by atoms with Crippen LogP contribution in [0.25, 0.3) is 6.08 Å². The summed E-state index contributed by atoms with van der Waals surface area (Å²) < 4.78 is 18.5. The number of amides is 3. The van der Waals surface area contributed by atoms with Gasteiger partial charge in [0.05, 0.1) is 31.7 Å². The Kier molecular flexibility index (Phi) is 10.6. The SMILES string of the molecule is COC(=O)N1C(=O)[C@@H]2[C@@H](CC(CO[Si](c3ccccc3)(c3ccccc3)C(C)(C)C)=C3[C@@H](CC/C(C)=C/c4ccccc4O)OB(O)C[C@@H]32)C1=O. The summed E-state index contributed by atoms with van der Waals surface area (Å²) in [6.45, 7) is 8.77. The molecule has 0 spiro atoms. The van der Waals surface area contributed by atoms with Crippen LogP contribution in [-0.2, 0) is 23.4 Å². The maximum absolute atomic E-state index is 13.8. The molecule has 0 radical (unpaired) electrons. The summed E-state index contributed by atoms with van der Waals surface area (Å²) in [4.78, 5) is 41.0. The highest BCUT2D eigenvalue weighted by Crippen LogP contribution is 2.51. The number of para-hydroxylation sites is 1. The van der Waals surface area contributed by atoms with Crippen LogP contribution in [0.2, 0.25) is 11.4 Å². The van der Waals surface area contributed by atoms with E-state index in [4.69, 9.17) is 13.8 Å². The number of hydrogen-bond acceptors (Lipinski definition) is 8. The fourth-order valence-electron chi connectivity index (χ4n) is 8.43. The van der Waals surface area contributed by atoms with Crippen molar-refractivity contribution in [3.8, 4) is 5.75 Å². The predicted molar refractivity (Wildman–Crippen MR) is 199 cm³/mol. The lowest BCUT2D eigenvalue weighted by atomic mass is 9.58. The van der Waals surface area contributed by atoms with Gasteiger partial charge in [0.25, 0.3) is 8.32 Å². The number of phenols is 1. The van der Waals surface area contributed by atoms with Crippen LogP contribution in [0.5, 0.6) is 5.75 Å². The zero-order valence-corrected chi connectivity index (χ0v) is 30.9. The number of hydrogen-bond donors (Lipinski definition) is 2. The number of nitrogens with zero attached hydrogens (tertiary/aromatic N) is 1. The second kappa shape index (κ2) is 14.8. The molecule has 2 saturated heterocycles. The first-order chi connectivity index (χ1) is 24.4. The van der Waals surface area contributed by atoms with E-state index in [9.17, 15) is 24.5 Å². The first kappa shape index (κ1) is 36.5. The van der Waals surface area contributed by atoms with Gasteiger partial charge in [-0.1, -0.05) is 111 Å². The molecule has 3 aromatic carbocycles. The van der Waals surface area contributed by atoms with E-state index in [2.05, 4.69) is 45.0 Å². The zero-order chi connectivity index (χ0) is 36.5. The van der Waals surface area contributed by atoms with Crippen molar-refractivity contribution in [2.45, 2.75) is 64.4 Å². The Morgan fingerprint density at radius 3 is 2.16 bits per heavy atom. The Balaban J connectivity index is 1.43. The summed E-state index contributed by atoms with van der Waals surface area (Å²) >= 11 is 0. The maximum atomic E-state index is 13.8. The molecular weight excluding hydrogens is 661 g/mol. The highest BCUT2D eigenvalue weighted by molar-refractivity contribution is 6.99. The maximum Gasteiger partial charge on any atom is 0.455 e. The summed E-state index contributed by atoms with van der Waals surface area (Å²) in [6, 6.07) is 27.7. The summed E-state index contributed by atoms with van der Waals surface area (Å²) in [6.07, 6.45) is 1.76. The summed E-state index contributed by atoms with van der Waals surface area (Å²) in [7, 11) is -3.02. The third-order valence-electron chi connectivity index (χ3n) is 10.7. The molecule has 4 atom stereocenters. The number of ether oxygens (including phenoxy) is 1. The van der Waals surface area contributed by atoms with Crippen molar-refractivity contribution >= 4 is 49.8 Å². The first-order valence-corrected chi connectivity index (χ1v) is 19.5. The van der Waals surface area contributed by atoms with Crippen LogP contribution in [0, 0.1) is 17.8 Å². The lowest BCUT2D eigenvalue weighted by Crippen LogP contribution is -2.66. The molecular formula is C40H46BNO8Si. The molecule has 51 heavy (non-hydrogen) atoms. The van der Waals surface area contributed by atoms with E-state index in [0.717, 1.165) is 34.2 Å².